The maximum atomic E-state index is 11.8. The number of ether oxygens (including phenoxy) is 1. The number of carboxylic acids is 1. The molecule has 0 bridgehead atoms. The third-order valence-corrected chi connectivity index (χ3v) is 2.72. The van der Waals surface area contributed by atoms with E-state index in [1.165, 1.54) is 4.90 Å². The van der Waals surface area contributed by atoms with Crippen molar-refractivity contribution in [2.45, 2.75) is 33.6 Å². The molecule has 7 heteroatoms. The van der Waals surface area contributed by atoms with Gasteiger partial charge >= 0.3 is 18.0 Å². The highest BCUT2D eigenvalue weighted by atomic mass is 16.5. The topological polar surface area (TPSA) is 95.9 Å². The van der Waals surface area contributed by atoms with E-state index >= 15 is 0 Å². The zero-order chi connectivity index (χ0) is 15.5. The van der Waals surface area contributed by atoms with Gasteiger partial charge in [-0.3, -0.25) is 9.59 Å². The maximum absolute atomic E-state index is 11.8. The largest absolute Gasteiger partial charge is 0.481 e. The lowest BCUT2D eigenvalue weighted by atomic mass is 10.2. The number of hydrogen-bond donors (Lipinski definition) is 2. The van der Waals surface area contributed by atoms with E-state index in [1.54, 1.807) is 20.8 Å². The van der Waals surface area contributed by atoms with Crippen molar-refractivity contribution in [2.75, 3.05) is 26.2 Å². The third-order valence-electron chi connectivity index (χ3n) is 2.72. The predicted molar refractivity (Wildman–Crippen MR) is 73.3 cm³/mol. The number of hydrogen-bond acceptors (Lipinski definition) is 4. The van der Waals surface area contributed by atoms with E-state index in [0.29, 0.717) is 26.1 Å². The van der Waals surface area contributed by atoms with Crippen LogP contribution in [0.1, 0.15) is 33.6 Å². The summed E-state index contributed by atoms with van der Waals surface area (Å²) in [4.78, 5) is 35.1. The molecule has 0 saturated heterocycles. The summed E-state index contributed by atoms with van der Waals surface area (Å²) in [7, 11) is 0. The van der Waals surface area contributed by atoms with Gasteiger partial charge in [-0.15, -0.1) is 0 Å². The normalized spacial score (nSPS) is 11.6. The standard InChI is InChI=1S/C13H24N2O5/c1-4-15(9-10(3)12(17)18)13(19)14-8-6-7-11(16)20-5-2/h10H,4-9H2,1-3H3,(H,14,19)(H,17,18). The van der Waals surface area contributed by atoms with Crippen LogP contribution in [-0.4, -0.2) is 54.2 Å². The van der Waals surface area contributed by atoms with E-state index < -0.39 is 11.9 Å². The first kappa shape index (κ1) is 18.2. The summed E-state index contributed by atoms with van der Waals surface area (Å²) in [5.41, 5.74) is 0. The number of esters is 1. The highest BCUT2D eigenvalue weighted by Crippen LogP contribution is 2.01. The molecular weight excluding hydrogens is 264 g/mol. The molecule has 20 heavy (non-hydrogen) atoms. The monoisotopic (exact) mass is 288 g/mol. The lowest BCUT2D eigenvalue weighted by Crippen LogP contribution is -2.43. The Hall–Kier alpha value is -1.79. The van der Waals surface area contributed by atoms with Crippen LogP contribution in [0.25, 0.3) is 0 Å². The predicted octanol–water partition coefficient (Wildman–Crippen LogP) is 1.08. The number of rotatable bonds is 9. The van der Waals surface area contributed by atoms with Gasteiger partial charge in [0.2, 0.25) is 0 Å². The lowest BCUT2D eigenvalue weighted by molar-refractivity contribution is -0.143. The number of nitrogens with zero attached hydrogens (tertiary/aromatic N) is 1. The minimum atomic E-state index is -0.932. The molecule has 0 heterocycles. The molecule has 0 aromatic carbocycles. The molecule has 1 unspecified atom stereocenters. The van der Waals surface area contributed by atoms with E-state index in [1.807, 2.05) is 0 Å². The second-order valence-corrected chi connectivity index (χ2v) is 4.42. The van der Waals surface area contributed by atoms with E-state index in [9.17, 15) is 14.4 Å². The van der Waals surface area contributed by atoms with E-state index in [0.717, 1.165) is 0 Å². The lowest BCUT2D eigenvalue weighted by Gasteiger charge is -2.23. The molecule has 0 aliphatic carbocycles. The van der Waals surface area contributed by atoms with Crippen molar-refractivity contribution >= 4 is 18.0 Å². The van der Waals surface area contributed by atoms with Crippen molar-refractivity contribution in [1.29, 1.82) is 0 Å². The zero-order valence-electron chi connectivity index (χ0n) is 12.3. The van der Waals surface area contributed by atoms with Gasteiger partial charge < -0.3 is 20.1 Å². The van der Waals surface area contributed by atoms with Gasteiger partial charge in [0.25, 0.3) is 0 Å². The molecule has 0 saturated carbocycles. The molecule has 116 valence electrons. The Kier molecular flexibility index (Phi) is 9.15. The Balaban J connectivity index is 3.98. The fourth-order valence-electron chi connectivity index (χ4n) is 1.54. The molecule has 2 N–H and O–H groups in total. The van der Waals surface area contributed by atoms with Gasteiger partial charge in [-0.25, -0.2) is 4.79 Å². The highest BCUT2D eigenvalue weighted by molar-refractivity contribution is 5.76. The summed E-state index contributed by atoms with van der Waals surface area (Å²) in [5.74, 6) is -1.83. The highest BCUT2D eigenvalue weighted by Gasteiger charge is 2.18. The summed E-state index contributed by atoms with van der Waals surface area (Å²) in [5, 5.41) is 11.5. The van der Waals surface area contributed by atoms with Crippen LogP contribution in [0, 0.1) is 5.92 Å². The van der Waals surface area contributed by atoms with Crippen LogP contribution in [-0.2, 0) is 14.3 Å². The summed E-state index contributed by atoms with van der Waals surface area (Å²) in [6.45, 7) is 6.38. The number of carboxylic acid groups (broad SMARTS) is 1. The Morgan fingerprint density at radius 2 is 1.95 bits per heavy atom. The van der Waals surface area contributed by atoms with Crippen LogP contribution in [0.15, 0.2) is 0 Å². The minimum Gasteiger partial charge on any atom is -0.481 e. The van der Waals surface area contributed by atoms with Gasteiger partial charge in [-0.05, 0) is 20.3 Å². The van der Waals surface area contributed by atoms with Crippen LogP contribution in [0.5, 0.6) is 0 Å². The Morgan fingerprint density at radius 3 is 2.45 bits per heavy atom. The number of amides is 2. The van der Waals surface area contributed by atoms with Gasteiger partial charge in [0, 0.05) is 26.1 Å². The molecule has 1 atom stereocenters. The molecule has 0 rings (SSSR count). The fourth-order valence-corrected chi connectivity index (χ4v) is 1.54. The third kappa shape index (κ3) is 7.60. The number of aliphatic carboxylic acids is 1. The van der Waals surface area contributed by atoms with Crippen LogP contribution < -0.4 is 5.32 Å². The SMILES string of the molecule is CCOC(=O)CCCNC(=O)N(CC)CC(C)C(=O)O. The molecular formula is C13H24N2O5. The number of carbonyl (C=O) groups excluding carboxylic acids is 2. The quantitative estimate of drug-likeness (QED) is 0.489. The van der Waals surface area contributed by atoms with Crippen molar-refractivity contribution in [3.05, 3.63) is 0 Å². The van der Waals surface area contributed by atoms with Crippen molar-refractivity contribution in [3.63, 3.8) is 0 Å². The van der Waals surface area contributed by atoms with Crippen molar-refractivity contribution in [3.8, 4) is 0 Å². The van der Waals surface area contributed by atoms with Crippen LogP contribution in [0.3, 0.4) is 0 Å². The average Bonchev–Trinajstić information content (AvgIpc) is 2.40. The molecule has 0 fully saturated rings. The molecule has 0 spiro atoms. The molecule has 0 aliphatic heterocycles. The maximum Gasteiger partial charge on any atom is 0.317 e. The molecule has 2 amide bonds. The number of carbonyl (C=O) groups is 3. The van der Waals surface area contributed by atoms with Gasteiger partial charge in [-0.1, -0.05) is 6.92 Å². The Labute approximate surface area is 119 Å². The molecule has 0 aliphatic rings. The van der Waals surface area contributed by atoms with Gasteiger partial charge in [0.05, 0.1) is 12.5 Å². The van der Waals surface area contributed by atoms with E-state index in [2.05, 4.69) is 5.32 Å². The summed E-state index contributed by atoms with van der Waals surface area (Å²) < 4.78 is 4.77. The average molecular weight is 288 g/mol. The fraction of sp³-hybridized carbons (Fsp3) is 0.769. The first-order valence-corrected chi connectivity index (χ1v) is 6.83. The molecule has 0 radical (unpaired) electrons. The van der Waals surface area contributed by atoms with Crippen molar-refractivity contribution in [2.24, 2.45) is 5.92 Å². The van der Waals surface area contributed by atoms with Crippen molar-refractivity contribution < 1.29 is 24.2 Å². The Bertz CT molecular complexity index is 333. The summed E-state index contributed by atoms with van der Waals surface area (Å²) >= 11 is 0. The van der Waals surface area contributed by atoms with Crippen LogP contribution in [0.2, 0.25) is 0 Å². The smallest absolute Gasteiger partial charge is 0.317 e. The first-order chi connectivity index (χ1) is 9.42. The molecule has 7 nitrogen and oxygen atoms in total. The number of urea groups is 1. The summed E-state index contributed by atoms with van der Waals surface area (Å²) in [6, 6.07) is -0.315. The zero-order valence-corrected chi connectivity index (χ0v) is 12.3. The minimum absolute atomic E-state index is 0.162. The van der Waals surface area contributed by atoms with Gasteiger partial charge in [0.1, 0.15) is 0 Å². The molecule has 0 aromatic heterocycles. The Morgan fingerprint density at radius 1 is 1.30 bits per heavy atom. The number of nitrogens with one attached hydrogen (secondary N) is 1. The van der Waals surface area contributed by atoms with Gasteiger partial charge in [0.15, 0.2) is 0 Å². The van der Waals surface area contributed by atoms with Crippen LogP contribution in [0.4, 0.5) is 4.79 Å². The van der Waals surface area contributed by atoms with E-state index in [4.69, 9.17) is 9.84 Å². The van der Waals surface area contributed by atoms with E-state index in [-0.39, 0.29) is 25.0 Å². The van der Waals surface area contributed by atoms with Gasteiger partial charge in [-0.2, -0.15) is 0 Å². The molecule has 0 aromatic rings. The van der Waals surface area contributed by atoms with Crippen LogP contribution >= 0.6 is 0 Å². The van der Waals surface area contributed by atoms with Crippen molar-refractivity contribution in [1.82, 2.24) is 10.2 Å². The summed E-state index contributed by atoms with van der Waals surface area (Å²) in [6.07, 6.45) is 0.752. The first-order valence-electron chi connectivity index (χ1n) is 6.83. The second-order valence-electron chi connectivity index (χ2n) is 4.42. The second kappa shape index (κ2) is 10.1.